The average Bonchev–Trinajstić information content (AvgIpc) is 3.80. The Kier molecular flexibility index (Phi) is 7.80. The SMILES string of the molecule is C1=Cc2c(c3ccccc3n2-c2cc(C3N=C(c4ccccc4)C(c4ccccc4)=C(c4ccccc4)N3)cc(-n3c4c(c5ccccc53)CCC=C4)c2)CC1. The number of aromatic nitrogens is 2. The van der Waals surface area contributed by atoms with Crippen LogP contribution in [0.4, 0.5) is 0 Å². The van der Waals surface area contributed by atoms with Crippen LogP contribution < -0.4 is 5.32 Å². The summed E-state index contributed by atoms with van der Waals surface area (Å²) >= 11 is 0. The summed E-state index contributed by atoms with van der Waals surface area (Å²) in [6, 6.07) is 57.0. The Morgan fingerprint density at radius 3 is 1.54 bits per heavy atom. The molecule has 2 aliphatic carbocycles. The lowest BCUT2D eigenvalue weighted by atomic mass is 9.89. The third-order valence-electron chi connectivity index (χ3n) is 11.7. The van der Waals surface area contributed by atoms with Crippen LogP contribution in [0.3, 0.4) is 0 Å². The highest BCUT2D eigenvalue weighted by molar-refractivity contribution is 6.37. The first kappa shape index (κ1) is 32.5. The number of hydrogen-bond donors (Lipinski definition) is 1. The van der Waals surface area contributed by atoms with Gasteiger partial charge in [-0.1, -0.05) is 140 Å². The van der Waals surface area contributed by atoms with E-state index in [1.165, 1.54) is 44.3 Å². The van der Waals surface area contributed by atoms with Gasteiger partial charge < -0.3 is 14.5 Å². The van der Waals surface area contributed by atoms with E-state index in [1.807, 2.05) is 0 Å². The Bertz CT molecular complexity index is 2800. The zero-order valence-electron chi connectivity index (χ0n) is 31.1. The standard InChI is InChI=1S/C52H40N4/c1-4-18-35(19-5-1)49-50(36-20-6-2-7-21-36)53-52(54-51(49)37-22-8-3-9-23-37)38-32-39(55-45-28-14-10-24-41(45)42-25-11-15-29-46(42)55)34-40(33-38)56-47-30-16-12-26-43(47)44-27-13-17-31-48(44)56/h1-10,12,14-24,26,28-34,52-53H,11,13,25,27H2. The molecule has 0 fully saturated rings. The molecule has 1 unspecified atom stereocenters. The van der Waals surface area contributed by atoms with Gasteiger partial charge in [0.25, 0.3) is 0 Å². The predicted molar refractivity (Wildman–Crippen MR) is 233 cm³/mol. The number of aliphatic imine (C=N–C) groups is 1. The minimum atomic E-state index is -0.368. The smallest absolute Gasteiger partial charge is 0.145 e. The van der Waals surface area contributed by atoms with Crippen LogP contribution in [0.25, 0.3) is 56.6 Å². The third kappa shape index (κ3) is 5.32. The van der Waals surface area contributed by atoms with Gasteiger partial charge in [-0.2, -0.15) is 0 Å². The van der Waals surface area contributed by atoms with Gasteiger partial charge in [0.15, 0.2) is 0 Å². The molecule has 2 aromatic heterocycles. The summed E-state index contributed by atoms with van der Waals surface area (Å²) in [5, 5.41) is 6.68. The van der Waals surface area contributed by atoms with Gasteiger partial charge in [-0.3, -0.25) is 4.99 Å². The molecule has 1 N–H and O–H groups in total. The quantitative estimate of drug-likeness (QED) is 0.182. The molecular weight excluding hydrogens is 681 g/mol. The molecule has 1 aliphatic heterocycles. The molecule has 11 rings (SSSR count). The largest absolute Gasteiger partial charge is 0.359 e. The number of benzene rings is 6. The van der Waals surface area contributed by atoms with Crippen molar-refractivity contribution in [3.05, 3.63) is 215 Å². The highest BCUT2D eigenvalue weighted by Crippen LogP contribution is 2.41. The van der Waals surface area contributed by atoms with Crippen molar-refractivity contribution in [1.82, 2.24) is 14.5 Å². The van der Waals surface area contributed by atoms with Crippen molar-refractivity contribution in [3.8, 4) is 11.4 Å². The van der Waals surface area contributed by atoms with E-state index in [2.05, 4.69) is 196 Å². The first-order valence-electron chi connectivity index (χ1n) is 19.8. The lowest BCUT2D eigenvalue weighted by Crippen LogP contribution is -2.28. The first-order chi connectivity index (χ1) is 27.8. The predicted octanol–water partition coefficient (Wildman–Crippen LogP) is 12.2. The van der Waals surface area contributed by atoms with Gasteiger partial charge >= 0.3 is 0 Å². The van der Waals surface area contributed by atoms with Crippen molar-refractivity contribution >= 4 is 50.9 Å². The second-order valence-electron chi connectivity index (χ2n) is 15.0. The van der Waals surface area contributed by atoms with Gasteiger partial charge in [-0.15, -0.1) is 0 Å². The zero-order chi connectivity index (χ0) is 37.0. The van der Waals surface area contributed by atoms with Gasteiger partial charge in [0, 0.05) is 50.2 Å². The number of hydrogen-bond acceptors (Lipinski definition) is 2. The van der Waals surface area contributed by atoms with Crippen LogP contribution in [0, 0.1) is 0 Å². The maximum atomic E-state index is 5.70. The van der Waals surface area contributed by atoms with Gasteiger partial charge in [0.1, 0.15) is 6.17 Å². The maximum absolute atomic E-state index is 5.70. The Morgan fingerprint density at radius 1 is 0.500 bits per heavy atom. The van der Waals surface area contributed by atoms with Gasteiger partial charge in [-0.05, 0) is 90.4 Å². The molecule has 3 aliphatic rings. The van der Waals surface area contributed by atoms with Gasteiger partial charge in [0.2, 0.25) is 0 Å². The van der Waals surface area contributed by atoms with Crippen LogP contribution in [0.15, 0.2) is 175 Å². The summed E-state index contributed by atoms with van der Waals surface area (Å²) in [4.78, 5) is 5.70. The lowest BCUT2D eigenvalue weighted by Gasteiger charge is -2.30. The zero-order valence-corrected chi connectivity index (χ0v) is 31.1. The molecule has 6 aromatic carbocycles. The van der Waals surface area contributed by atoms with E-state index in [1.54, 1.807) is 0 Å². The number of fused-ring (bicyclic) bond motifs is 6. The Balaban J connectivity index is 1.20. The van der Waals surface area contributed by atoms with E-state index >= 15 is 0 Å². The molecule has 4 heteroatoms. The summed E-state index contributed by atoms with van der Waals surface area (Å²) in [7, 11) is 0. The van der Waals surface area contributed by atoms with E-state index < -0.39 is 0 Å². The molecule has 268 valence electrons. The molecule has 0 saturated carbocycles. The van der Waals surface area contributed by atoms with Crippen LogP contribution in [0.5, 0.6) is 0 Å². The van der Waals surface area contributed by atoms with Crippen molar-refractivity contribution in [2.24, 2.45) is 4.99 Å². The first-order valence-corrected chi connectivity index (χ1v) is 19.8. The summed E-state index contributed by atoms with van der Waals surface area (Å²) in [5.74, 6) is 0. The van der Waals surface area contributed by atoms with Crippen LogP contribution in [-0.2, 0) is 12.8 Å². The van der Waals surface area contributed by atoms with E-state index in [9.17, 15) is 0 Å². The Hall–Kier alpha value is -6.91. The molecular formula is C52H40N4. The Labute approximate surface area is 327 Å². The molecule has 4 nitrogen and oxygen atoms in total. The summed E-state index contributed by atoms with van der Waals surface area (Å²) in [6.07, 6.45) is 13.1. The summed E-state index contributed by atoms with van der Waals surface area (Å²) in [5.41, 5.74) is 17.7. The van der Waals surface area contributed by atoms with Crippen molar-refractivity contribution in [3.63, 3.8) is 0 Å². The number of nitrogens with one attached hydrogen (secondary N) is 1. The lowest BCUT2D eigenvalue weighted by molar-refractivity contribution is 0.664. The van der Waals surface area contributed by atoms with Crippen molar-refractivity contribution in [1.29, 1.82) is 0 Å². The molecule has 0 radical (unpaired) electrons. The molecule has 0 amide bonds. The van der Waals surface area contributed by atoms with Crippen LogP contribution in [-0.4, -0.2) is 14.8 Å². The maximum Gasteiger partial charge on any atom is 0.145 e. The molecule has 1 atom stereocenters. The molecule has 0 bridgehead atoms. The van der Waals surface area contributed by atoms with Gasteiger partial charge in [0.05, 0.1) is 22.4 Å². The molecule has 8 aromatic rings. The molecule has 0 saturated heterocycles. The number of para-hydroxylation sites is 2. The second-order valence-corrected chi connectivity index (χ2v) is 15.0. The Morgan fingerprint density at radius 2 is 0.982 bits per heavy atom. The topological polar surface area (TPSA) is 34.2 Å². The van der Waals surface area contributed by atoms with Crippen molar-refractivity contribution in [2.45, 2.75) is 31.8 Å². The second kappa shape index (κ2) is 13.4. The third-order valence-corrected chi connectivity index (χ3v) is 11.7. The van der Waals surface area contributed by atoms with E-state index in [0.717, 1.165) is 76.3 Å². The van der Waals surface area contributed by atoms with Crippen LogP contribution >= 0.6 is 0 Å². The fourth-order valence-electron chi connectivity index (χ4n) is 9.21. The minimum Gasteiger partial charge on any atom is -0.359 e. The van der Waals surface area contributed by atoms with Crippen LogP contribution in [0.2, 0.25) is 0 Å². The fraction of sp³-hybridized carbons (Fsp3) is 0.0962. The fourth-order valence-corrected chi connectivity index (χ4v) is 9.21. The monoisotopic (exact) mass is 720 g/mol. The van der Waals surface area contributed by atoms with Crippen molar-refractivity contribution < 1.29 is 0 Å². The molecule has 0 spiro atoms. The number of allylic oxidation sites excluding steroid dienone is 3. The highest BCUT2D eigenvalue weighted by Gasteiger charge is 2.29. The van der Waals surface area contributed by atoms with E-state index in [-0.39, 0.29) is 6.17 Å². The van der Waals surface area contributed by atoms with Crippen molar-refractivity contribution in [2.75, 3.05) is 0 Å². The van der Waals surface area contributed by atoms with Gasteiger partial charge in [-0.25, -0.2) is 0 Å². The summed E-state index contributed by atoms with van der Waals surface area (Å²) in [6.45, 7) is 0. The highest BCUT2D eigenvalue weighted by atomic mass is 15.1. The number of aryl methyl sites for hydroxylation is 2. The summed E-state index contributed by atoms with van der Waals surface area (Å²) < 4.78 is 4.96. The van der Waals surface area contributed by atoms with Crippen LogP contribution in [0.1, 0.15) is 63.8 Å². The number of rotatable bonds is 6. The average molecular weight is 721 g/mol. The minimum absolute atomic E-state index is 0.368. The molecule has 3 heterocycles. The van der Waals surface area contributed by atoms with E-state index in [0.29, 0.717) is 0 Å². The normalized spacial score (nSPS) is 16.1. The van der Waals surface area contributed by atoms with E-state index in [4.69, 9.17) is 4.99 Å². The number of nitrogens with zero attached hydrogens (tertiary/aromatic N) is 3. The molecule has 56 heavy (non-hydrogen) atoms.